The first-order chi connectivity index (χ1) is 8.34. The lowest BCUT2D eigenvalue weighted by molar-refractivity contribution is -0.120. The minimum Gasteiger partial charge on any atom is -0.381 e. The molecule has 4 nitrogen and oxygen atoms in total. The molecule has 0 aliphatic heterocycles. The van der Waals surface area contributed by atoms with Crippen LogP contribution in [0.15, 0.2) is 0 Å². The van der Waals surface area contributed by atoms with Gasteiger partial charge in [-0.05, 0) is 50.5 Å². The summed E-state index contributed by atoms with van der Waals surface area (Å²) in [5.74, 6) is 1.77. The zero-order valence-corrected chi connectivity index (χ0v) is 10.5. The summed E-state index contributed by atoms with van der Waals surface area (Å²) < 4.78 is 5.49. The molecule has 0 spiro atoms. The molecule has 0 radical (unpaired) electrons. The second-order valence-corrected chi connectivity index (χ2v) is 5.30. The van der Waals surface area contributed by atoms with E-state index in [1.807, 2.05) is 0 Å². The van der Waals surface area contributed by atoms with Crippen LogP contribution >= 0.6 is 0 Å². The van der Waals surface area contributed by atoms with Crippen LogP contribution in [0.25, 0.3) is 0 Å². The Bertz CT molecular complexity index is 238. The van der Waals surface area contributed by atoms with Gasteiger partial charge in [-0.1, -0.05) is 0 Å². The van der Waals surface area contributed by atoms with Crippen molar-refractivity contribution >= 4 is 5.91 Å². The molecule has 17 heavy (non-hydrogen) atoms. The number of carbonyl (C=O) groups is 1. The Morgan fingerprint density at radius 2 is 1.94 bits per heavy atom. The zero-order chi connectivity index (χ0) is 11.9. The van der Waals surface area contributed by atoms with Crippen LogP contribution in [0.3, 0.4) is 0 Å². The molecule has 2 aliphatic rings. The number of ether oxygens (including phenoxy) is 1. The molecule has 0 saturated heterocycles. The molecule has 0 aromatic heterocycles. The Labute approximate surface area is 103 Å². The second-order valence-electron chi connectivity index (χ2n) is 5.30. The molecule has 1 amide bonds. The standard InChI is InChI=1S/C13H24N2O2/c16-13(9-14-8-11-2-3-11)15-6-1-7-17-10-12-4-5-12/h11-12,14H,1-10H2,(H,15,16). The Morgan fingerprint density at radius 3 is 2.65 bits per heavy atom. The highest BCUT2D eigenvalue weighted by atomic mass is 16.5. The average Bonchev–Trinajstić information content (AvgIpc) is 3.15. The highest BCUT2D eigenvalue weighted by molar-refractivity contribution is 5.77. The summed E-state index contributed by atoms with van der Waals surface area (Å²) in [6.45, 7) is 3.87. The predicted octanol–water partition coefficient (Wildman–Crippen LogP) is 0.919. The lowest BCUT2D eigenvalue weighted by Crippen LogP contribution is -2.35. The monoisotopic (exact) mass is 240 g/mol. The molecular weight excluding hydrogens is 216 g/mol. The van der Waals surface area contributed by atoms with Gasteiger partial charge in [0, 0.05) is 19.8 Å². The van der Waals surface area contributed by atoms with E-state index in [4.69, 9.17) is 4.74 Å². The van der Waals surface area contributed by atoms with Crippen molar-refractivity contribution in [3.63, 3.8) is 0 Å². The Kier molecular flexibility index (Phi) is 5.26. The molecule has 0 heterocycles. The van der Waals surface area contributed by atoms with Crippen LogP contribution < -0.4 is 10.6 Å². The van der Waals surface area contributed by atoms with E-state index in [0.29, 0.717) is 6.54 Å². The zero-order valence-electron chi connectivity index (χ0n) is 10.5. The molecule has 0 aromatic rings. The summed E-state index contributed by atoms with van der Waals surface area (Å²) in [4.78, 5) is 11.4. The molecular formula is C13H24N2O2. The van der Waals surface area contributed by atoms with Crippen LogP contribution in [0, 0.1) is 11.8 Å². The third-order valence-corrected chi connectivity index (χ3v) is 3.25. The smallest absolute Gasteiger partial charge is 0.233 e. The number of nitrogens with one attached hydrogen (secondary N) is 2. The van der Waals surface area contributed by atoms with E-state index in [1.54, 1.807) is 0 Å². The number of amides is 1. The van der Waals surface area contributed by atoms with Crippen molar-refractivity contribution in [2.75, 3.05) is 32.8 Å². The van der Waals surface area contributed by atoms with Gasteiger partial charge in [-0.25, -0.2) is 0 Å². The minimum absolute atomic E-state index is 0.104. The van der Waals surface area contributed by atoms with Crippen LogP contribution in [-0.2, 0) is 9.53 Å². The predicted molar refractivity (Wildman–Crippen MR) is 66.8 cm³/mol. The van der Waals surface area contributed by atoms with Gasteiger partial charge in [0.25, 0.3) is 0 Å². The molecule has 0 atom stereocenters. The molecule has 0 unspecified atom stereocenters. The number of hydrogen-bond donors (Lipinski definition) is 2. The molecule has 2 N–H and O–H groups in total. The van der Waals surface area contributed by atoms with Crippen LogP contribution in [0.2, 0.25) is 0 Å². The van der Waals surface area contributed by atoms with E-state index in [9.17, 15) is 4.79 Å². The third kappa shape index (κ3) is 6.64. The molecule has 98 valence electrons. The summed E-state index contributed by atoms with van der Waals surface area (Å²) >= 11 is 0. The van der Waals surface area contributed by atoms with E-state index < -0.39 is 0 Å². The van der Waals surface area contributed by atoms with Crippen LogP contribution in [-0.4, -0.2) is 38.8 Å². The quantitative estimate of drug-likeness (QED) is 0.558. The normalized spacial score (nSPS) is 19.3. The number of rotatable bonds is 10. The van der Waals surface area contributed by atoms with Crippen LogP contribution in [0.4, 0.5) is 0 Å². The van der Waals surface area contributed by atoms with E-state index in [-0.39, 0.29) is 5.91 Å². The fourth-order valence-electron chi connectivity index (χ4n) is 1.71. The van der Waals surface area contributed by atoms with E-state index in [1.165, 1.54) is 25.7 Å². The molecule has 0 aromatic carbocycles. The third-order valence-electron chi connectivity index (χ3n) is 3.25. The summed E-state index contributed by atoms with van der Waals surface area (Å²) in [5, 5.41) is 6.08. The van der Waals surface area contributed by atoms with Gasteiger partial charge in [0.05, 0.1) is 6.54 Å². The summed E-state index contributed by atoms with van der Waals surface area (Å²) in [5.41, 5.74) is 0. The Morgan fingerprint density at radius 1 is 1.18 bits per heavy atom. The molecule has 0 bridgehead atoms. The van der Waals surface area contributed by atoms with Gasteiger partial charge in [-0.2, -0.15) is 0 Å². The Hall–Kier alpha value is -0.610. The van der Waals surface area contributed by atoms with Gasteiger partial charge < -0.3 is 15.4 Å². The summed E-state index contributed by atoms with van der Waals surface area (Å²) in [6.07, 6.45) is 6.24. The largest absolute Gasteiger partial charge is 0.381 e. The van der Waals surface area contributed by atoms with Crippen molar-refractivity contribution in [2.45, 2.75) is 32.1 Å². The topological polar surface area (TPSA) is 50.4 Å². The first-order valence-corrected chi connectivity index (χ1v) is 6.90. The first-order valence-electron chi connectivity index (χ1n) is 6.90. The molecule has 2 aliphatic carbocycles. The van der Waals surface area contributed by atoms with Crippen molar-refractivity contribution in [1.29, 1.82) is 0 Å². The maximum Gasteiger partial charge on any atom is 0.233 e. The minimum atomic E-state index is 0.104. The van der Waals surface area contributed by atoms with Crippen molar-refractivity contribution < 1.29 is 9.53 Å². The SMILES string of the molecule is O=C(CNCC1CC1)NCCCOCC1CC1. The first kappa shape index (κ1) is 12.8. The van der Waals surface area contributed by atoms with Gasteiger partial charge in [0.2, 0.25) is 5.91 Å². The van der Waals surface area contributed by atoms with Crippen LogP contribution in [0.5, 0.6) is 0 Å². The van der Waals surface area contributed by atoms with Crippen molar-refractivity contribution in [3.8, 4) is 0 Å². The summed E-state index contributed by atoms with van der Waals surface area (Å²) in [7, 11) is 0. The van der Waals surface area contributed by atoms with Crippen molar-refractivity contribution in [2.24, 2.45) is 11.8 Å². The molecule has 2 rings (SSSR count). The maximum atomic E-state index is 11.4. The number of carbonyl (C=O) groups excluding carboxylic acids is 1. The highest BCUT2D eigenvalue weighted by Crippen LogP contribution is 2.28. The van der Waals surface area contributed by atoms with E-state index >= 15 is 0 Å². The molecule has 2 fully saturated rings. The van der Waals surface area contributed by atoms with Gasteiger partial charge in [0.1, 0.15) is 0 Å². The van der Waals surface area contributed by atoms with Crippen LogP contribution in [0.1, 0.15) is 32.1 Å². The van der Waals surface area contributed by atoms with Crippen molar-refractivity contribution in [3.05, 3.63) is 0 Å². The second kappa shape index (κ2) is 6.97. The lowest BCUT2D eigenvalue weighted by Gasteiger charge is -2.06. The fraction of sp³-hybridized carbons (Fsp3) is 0.923. The van der Waals surface area contributed by atoms with Gasteiger partial charge in [-0.3, -0.25) is 4.79 Å². The lowest BCUT2D eigenvalue weighted by atomic mass is 10.4. The van der Waals surface area contributed by atoms with E-state index in [2.05, 4.69) is 10.6 Å². The molecule has 2 saturated carbocycles. The average molecular weight is 240 g/mol. The van der Waals surface area contributed by atoms with Gasteiger partial charge in [0.15, 0.2) is 0 Å². The highest BCUT2D eigenvalue weighted by Gasteiger charge is 2.21. The number of hydrogen-bond acceptors (Lipinski definition) is 3. The van der Waals surface area contributed by atoms with Crippen molar-refractivity contribution in [1.82, 2.24) is 10.6 Å². The summed E-state index contributed by atoms with van der Waals surface area (Å²) in [6, 6.07) is 0. The fourth-order valence-corrected chi connectivity index (χ4v) is 1.71. The maximum absolute atomic E-state index is 11.4. The van der Waals surface area contributed by atoms with Gasteiger partial charge >= 0.3 is 0 Å². The van der Waals surface area contributed by atoms with Gasteiger partial charge in [-0.15, -0.1) is 0 Å². The Balaban J connectivity index is 1.32. The van der Waals surface area contributed by atoms with E-state index in [0.717, 1.165) is 44.6 Å². The molecule has 4 heteroatoms.